The summed E-state index contributed by atoms with van der Waals surface area (Å²) in [7, 11) is 0. The van der Waals surface area contributed by atoms with Crippen molar-refractivity contribution >= 4 is 22.7 Å². The van der Waals surface area contributed by atoms with Crippen molar-refractivity contribution in [2.75, 3.05) is 0 Å². The van der Waals surface area contributed by atoms with Gasteiger partial charge in [-0.15, -0.1) is 0 Å². The van der Waals surface area contributed by atoms with Crippen molar-refractivity contribution in [1.29, 1.82) is 0 Å². The molecule has 4 nitrogen and oxygen atoms in total. The van der Waals surface area contributed by atoms with Crippen LogP contribution in [0.15, 0.2) is 5.16 Å². The van der Waals surface area contributed by atoms with E-state index in [0.29, 0.717) is 0 Å². The van der Waals surface area contributed by atoms with E-state index in [0.717, 1.165) is 0 Å². The second-order valence-corrected chi connectivity index (χ2v) is 1.26. The van der Waals surface area contributed by atoms with Crippen molar-refractivity contribution in [2.45, 2.75) is 0 Å². The number of hydrogen-bond acceptors (Lipinski definition) is 4. The number of terminal acetylenes is 1. The Morgan fingerprint density at radius 1 is 1.89 bits per heavy atom. The smallest absolute Gasteiger partial charge is 0.386 e. The minimum absolute atomic E-state index is 0.701. The topological polar surface area (TPSA) is 58.9 Å². The van der Waals surface area contributed by atoms with Crippen LogP contribution in [0.3, 0.4) is 0 Å². The fourth-order valence-electron chi connectivity index (χ4n) is 0.136. The molecule has 0 heterocycles. The maximum atomic E-state index is 10.2. The number of carbonyl (C=O) groups excluding carboxylic acids is 1. The Morgan fingerprint density at radius 3 is 2.78 bits per heavy atom. The first kappa shape index (κ1) is 7.79. The molecule has 1 N–H and O–H groups in total. The molecule has 0 spiro atoms. The predicted molar refractivity (Wildman–Crippen MR) is 30.0 cm³/mol. The largest absolute Gasteiger partial charge is 0.409 e. The van der Waals surface area contributed by atoms with Gasteiger partial charge in [0.25, 0.3) is 5.17 Å². The summed E-state index contributed by atoms with van der Waals surface area (Å²) in [5.74, 6) is -1.05. The molecule has 0 aromatic heterocycles. The molecule has 0 aromatic carbocycles. The van der Waals surface area contributed by atoms with Gasteiger partial charge in [-0.05, 0) is 0 Å². The Labute approximate surface area is 56.1 Å². The van der Waals surface area contributed by atoms with Gasteiger partial charge >= 0.3 is 5.97 Å². The molecule has 0 aliphatic heterocycles. The highest BCUT2D eigenvalue weighted by atomic mass is 35.5. The van der Waals surface area contributed by atoms with Crippen molar-refractivity contribution in [3.05, 3.63) is 0 Å². The molecule has 0 saturated heterocycles. The number of nitrogens with zero attached hydrogens (tertiary/aromatic N) is 1. The monoisotopic (exact) mass is 147 g/mol. The predicted octanol–water partition coefficient (Wildman–Crippen LogP) is 0.147. The minimum atomic E-state index is -1.05. The number of ether oxygens (including phenoxy) is 1. The summed E-state index contributed by atoms with van der Waals surface area (Å²) >= 11 is 4.92. The van der Waals surface area contributed by atoms with Gasteiger partial charge in [0.05, 0.1) is 0 Å². The molecule has 0 unspecified atom stereocenters. The van der Waals surface area contributed by atoms with E-state index in [2.05, 4.69) is 16.3 Å². The quantitative estimate of drug-likeness (QED) is 0.189. The van der Waals surface area contributed by atoms with Gasteiger partial charge < -0.3 is 9.94 Å². The lowest BCUT2D eigenvalue weighted by Gasteiger charge is -1.87. The molecule has 0 amide bonds. The van der Waals surface area contributed by atoms with Gasteiger partial charge in [0.1, 0.15) is 6.11 Å². The maximum absolute atomic E-state index is 10.2. The van der Waals surface area contributed by atoms with E-state index in [1.165, 1.54) is 0 Å². The molecule has 0 radical (unpaired) electrons. The summed E-state index contributed by atoms with van der Waals surface area (Å²) in [5.41, 5.74) is 0. The molecule has 0 fully saturated rings. The summed E-state index contributed by atoms with van der Waals surface area (Å²) in [4.78, 5) is 10.2. The highest BCUT2D eigenvalue weighted by molar-refractivity contribution is 6.81. The summed E-state index contributed by atoms with van der Waals surface area (Å²) in [6.07, 6.45) is 6.09. The van der Waals surface area contributed by atoms with Gasteiger partial charge in [0, 0.05) is 0 Å². The van der Waals surface area contributed by atoms with Crippen LogP contribution in [0.5, 0.6) is 0 Å². The van der Waals surface area contributed by atoms with E-state index in [4.69, 9.17) is 16.8 Å². The van der Waals surface area contributed by atoms with Gasteiger partial charge in [-0.1, -0.05) is 23.2 Å². The van der Waals surface area contributed by atoms with E-state index in [-0.39, 0.29) is 0 Å². The number of hydrogen-bond donors (Lipinski definition) is 1. The van der Waals surface area contributed by atoms with Gasteiger partial charge in [-0.25, -0.2) is 4.79 Å². The molecule has 0 rings (SSSR count). The van der Waals surface area contributed by atoms with Crippen LogP contribution < -0.4 is 0 Å². The van der Waals surface area contributed by atoms with Crippen molar-refractivity contribution < 1.29 is 14.7 Å². The van der Waals surface area contributed by atoms with Crippen LogP contribution in [0.4, 0.5) is 0 Å². The third-order valence-electron chi connectivity index (χ3n) is 0.408. The van der Waals surface area contributed by atoms with Gasteiger partial charge in [-0.2, -0.15) is 0 Å². The molecule has 0 saturated carbocycles. The van der Waals surface area contributed by atoms with E-state index < -0.39 is 11.1 Å². The molecular formula is C4H2ClNO3. The van der Waals surface area contributed by atoms with Crippen LogP contribution >= 0.6 is 11.6 Å². The third kappa shape index (κ3) is 2.57. The van der Waals surface area contributed by atoms with Crippen molar-refractivity contribution in [1.82, 2.24) is 0 Å². The van der Waals surface area contributed by atoms with E-state index >= 15 is 0 Å². The fraction of sp³-hybridized carbons (Fsp3) is 0. The van der Waals surface area contributed by atoms with Crippen LogP contribution in [-0.2, 0) is 9.53 Å². The summed E-state index contributed by atoms with van der Waals surface area (Å²) in [6, 6.07) is 0. The SMILES string of the molecule is C#COC(=O)/C(Cl)=N/O. The van der Waals surface area contributed by atoms with Crippen LogP contribution in [0.2, 0.25) is 0 Å². The summed E-state index contributed by atoms with van der Waals surface area (Å²) in [5, 5.41) is 9.44. The Hall–Kier alpha value is -1.21. The third-order valence-corrected chi connectivity index (χ3v) is 0.638. The number of carbonyl (C=O) groups is 1. The number of esters is 1. The Bertz CT molecular complexity index is 181. The second-order valence-electron chi connectivity index (χ2n) is 0.898. The first-order valence-corrected chi connectivity index (χ1v) is 2.14. The Kier molecular flexibility index (Phi) is 3.25. The number of halogens is 1. The highest BCUT2D eigenvalue weighted by Crippen LogP contribution is 1.87. The Balaban J connectivity index is 3.93. The van der Waals surface area contributed by atoms with Crippen LogP contribution in [0.25, 0.3) is 0 Å². The van der Waals surface area contributed by atoms with Crippen molar-refractivity contribution in [3.63, 3.8) is 0 Å². The Morgan fingerprint density at radius 2 is 2.44 bits per heavy atom. The van der Waals surface area contributed by atoms with E-state index in [1.807, 2.05) is 0 Å². The van der Waals surface area contributed by atoms with Crippen LogP contribution in [0.1, 0.15) is 0 Å². The van der Waals surface area contributed by atoms with Gasteiger partial charge in [-0.3, -0.25) is 0 Å². The maximum Gasteiger partial charge on any atom is 0.386 e. The summed E-state index contributed by atoms with van der Waals surface area (Å²) in [6.45, 7) is 0. The lowest BCUT2D eigenvalue weighted by atomic mass is 10.7. The first-order chi connectivity index (χ1) is 4.22. The molecule has 0 bridgehead atoms. The molecule has 48 valence electrons. The zero-order valence-electron chi connectivity index (χ0n) is 4.17. The van der Waals surface area contributed by atoms with Crippen molar-refractivity contribution in [3.8, 4) is 12.5 Å². The highest BCUT2D eigenvalue weighted by Gasteiger charge is 2.08. The second kappa shape index (κ2) is 3.75. The zero-order chi connectivity index (χ0) is 7.28. The average Bonchev–Trinajstić information content (AvgIpc) is 1.87. The van der Waals surface area contributed by atoms with E-state index in [1.54, 1.807) is 6.11 Å². The standard InChI is InChI=1S/C4H2ClNO3/c1-2-9-4(7)3(5)6-8/h1,8H/b6-3-. The summed E-state index contributed by atoms with van der Waals surface area (Å²) < 4.78 is 3.86. The molecule has 0 aliphatic rings. The minimum Gasteiger partial charge on any atom is -0.409 e. The fourth-order valence-corrected chi connectivity index (χ4v) is 0.175. The average molecular weight is 148 g/mol. The molecule has 9 heavy (non-hydrogen) atoms. The molecule has 5 heteroatoms. The molecular weight excluding hydrogens is 146 g/mol. The molecule has 0 atom stereocenters. The molecule has 0 aromatic rings. The van der Waals surface area contributed by atoms with Crippen LogP contribution in [0, 0.1) is 12.5 Å². The zero-order valence-corrected chi connectivity index (χ0v) is 4.92. The lowest BCUT2D eigenvalue weighted by Crippen LogP contribution is -2.08. The lowest BCUT2D eigenvalue weighted by molar-refractivity contribution is -0.129. The normalized spacial score (nSPS) is 10.0. The van der Waals surface area contributed by atoms with Crippen molar-refractivity contribution in [2.24, 2.45) is 5.16 Å². The first-order valence-electron chi connectivity index (χ1n) is 1.76. The molecule has 0 aliphatic carbocycles. The van der Waals surface area contributed by atoms with Gasteiger partial charge in [0.2, 0.25) is 0 Å². The number of oxime groups is 1. The number of rotatable bonds is 1. The van der Waals surface area contributed by atoms with Gasteiger partial charge in [0.15, 0.2) is 0 Å². The van der Waals surface area contributed by atoms with Crippen LogP contribution in [-0.4, -0.2) is 16.3 Å². The van der Waals surface area contributed by atoms with E-state index in [9.17, 15) is 4.79 Å².